The Morgan fingerprint density at radius 1 is 0.967 bits per heavy atom. The second-order valence-electron chi connectivity index (χ2n) is 6.93. The molecule has 0 bridgehead atoms. The summed E-state index contributed by atoms with van der Waals surface area (Å²) in [5.74, 6) is -1.05. The number of aryl methyl sites for hydroxylation is 2. The minimum atomic E-state index is -0.459. The Hall–Kier alpha value is -3.81. The normalized spacial score (nSPS) is 10.5. The maximum atomic E-state index is 13.2. The van der Waals surface area contributed by atoms with Gasteiger partial charge in [-0.25, -0.2) is 9.07 Å². The summed E-state index contributed by atoms with van der Waals surface area (Å²) < 4.78 is 14.3. The molecule has 8 heteroatoms. The molecular weight excluding hydrogens is 387 g/mol. The molecule has 1 aromatic heterocycles. The molecule has 1 heterocycles. The number of hydrogen-bond acceptors (Lipinski definition) is 4. The third-order valence-electron chi connectivity index (χ3n) is 4.47. The van der Waals surface area contributed by atoms with Crippen LogP contribution in [0.2, 0.25) is 0 Å². The van der Waals surface area contributed by atoms with Gasteiger partial charge >= 0.3 is 0 Å². The molecule has 7 nitrogen and oxygen atoms in total. The van der Waals surface area contributed by atoms with Gasteiger partial charge < -0.3 is 10.6 Å². The molecule has 2 N–H and O–H groups in total. The van der Waals surface area contributed by atoms with Gasteiger partial charge in [0.15, 0.2) is 0 Å². The summed E-state index contributed by atoms with van der Waals surface area (Å²) in [4.78, 5) is 36.0. The van der Waals surface area contributed by atoms with Crippen molar-refractivity contribution in [1.29, 1.82) is 0 Å². The minimum absolute atomic E-state index is 0.194. The van der Waals surface area contributed by atoms with Gasteiger partial charge in [0, 0.05) is 29.9 Å². The lowest BCUT2D eigenvalue weighted by molar-refractivity contribution is -0.117. The van der Waals surface area contributed by atoms with Crippen molar-refractivity contribution in [3.05, 3.63) is 75.8 Å². The number of amides is 2. The summed E-state index contributed by atoms with van der Waals surface area (Å²) in [6.45, 7) is 4.67. The number of carbonyl (C=O) groups is 2. The number of nitrogens with zero attached hydrogens (tertiary/aromatic N) is 2. The highest BCUT2D eigenvalue weighted by molar-refractivity contribution is 5.91. The molecule has 0 atom stereocenters. The van der Waals surface area contributed by atoms with E-state index in [2.05, 4.69) is 15.7 Å². The molecule has 0 saturated heterocycles. The Morgan fingerprint density at radius 2 is 1.73 bits per heavy atom. The first-order valence-corrected chi connectivity index (χ1v) is 9.26. The first-order chi connectivity index (χ1) is 14.2. The fourth-order valence-corrected chi connectivity index (χ4v) is 2.91. The molecule has 30 heavy (non-hydrogen) atoms. The van der Waals surface area contributed by atoms with Gasteiger partial charge in [-0.1, -0.05) is 12.1 Å². The molecule has 154 valence electrons. The van der Waals surface area contributed by atoms with Gasteiger partial charge in [-0.15, -0.1) is 0 Å². The summed E-state index contributed by atoms with van der Waals surface area (Å²) in [5.41, 5.74) is 3.30. The van der Waals surface area contributed by atoms with Crippen LogP contribution in [0.25, 0.3) is 11.3 Å². The predicted molar refractivity (Wildman–Crippen MR) is 113 cm³/mol. The zero-order valence-electron chi connectivity index (χ0n) is 16.8. The molecule has 0 aliphatic rings. The van der Waals surface area contributed by atoms with E-state index in [-0.39, 0.29) is 12.5 Å². The van der Waals surface area contributed by atoms with E-state index < -0.39 is 17.3 Å². The van der Waals surface area contributed by atoms with Crippen molar-refractivity contribution in [2.24, 2.45) is 0 Å². The van der Waals surface area contributed by atoms with Gasteiger partial charge in [0.05, 0.1) is 5.69 Å². The van der Waals surface area contributed by atoms with Gasteiger partial charge in [0.1, 0.15) is 12.4 Å². The fraction of sp³-hybridized carbons (Fsp3) is 0.182. The van der Waals surface area contributed by atoms with Gasteiger partial charge in [0.25, 0.3) is 5.56 Å². The first kappa shape index (κ1) is 20.9. The highest BCUT2D eigenvalue weighted by Gasteiger charge is 2.11. The minimum Gasteiger partial charge on any atom is -0.326 e. The van der Waals surface area contributed by atoms with Crippen molar-refractivity contribution in [2.45, 2.75) is 27.3 Å². The number of rotatable bonds is 5. The van der Waals surface area contributed by atoms with E-state index in [9.17, 15) is 18.8 Å². The lowest BCUT2D eigenvalue weighted by Gasteiger charge is -2.11. The van der Waals surface area contributed by atoms with Crippen LogP contribution in [0.1, 0.15) is 18.1 Å². The predicted octanol–water partition coefficient (Wildman–Crippen LogP) is 3.26. The fourth-order valence-electron chi connectivity index (χ4n) is 2.91. The third kappa shape index (κ3) is 4.96. The van der Waals surface area contributed by atoms with Crippen LogP contribution in [0.3, 0.4) is 0 Å². The molecule has 0 aliphatic heterocycles. The highest BCUT2D eigenvalue weighted by atomic mass is 19.1. The molecule has 0 fully saturated rings. The Balaban J connectivity index is 1.84. The summed E-state index contributed by atoms with van der Waals surface area (Å²) in [7, 11) is 0. The first-order valence-electron chi connectivity index (χ1n) is 9.26. The summed E-state index contributed by atoms with van der Waals surface area (Å²) in [5, 5.41) is 9.69. The van der Waals surface area contributed by atoms with Gasteiger partial charge in [0.2, 0.25) is 11.8 Å². The number of anilines is 2. The van der Waals surface area contributed by atoms with E-state index in [1.165, 1.54) is 31.2 Å². The van der Waals surface area contributed by atoms with Crippen molar-refractivity contribution in [1.82, 2.24) is 9.78 Å². The zero-order chi connectivity index (χ0) is 21.8. The van der Waals surface area contributed by atoms with E-state index in [0.29, 0.717) is 28.2 Å². The summed E-state index contributed by atoms with van der Waals surface area (Å²) >= 11 is 0. The molecule has 0 saturated carbocycles. The van der Waals surface area contributed by atoms with Crippen molar-refractivity contribution >= 4 is 23.2 Å². The molecular formula is C22H21FN4O3. The van der Waals surface area contributed by atoms with Crippen LogP contribution in [0.15, 0.2) is 53.3 Å². The van der Waals surface area contributed by atoms with Crippen LogP contribution < -0.4 is 16.2 Å². The summed E-state index contributed by atoms with van der Waals surface area (Å²) in [6, 6.07) is 12.3. The number of hydrogen-bond donors (Lipinski definition) is 2. The van der Waals surface area contributed by atoms with Crippen molar-refractivity contribution in [2.75, 3.05) is 10.6 Å². The Labute approximate surface area is 172 Å². The number of aromatic nitrogens is 2. The molecule has 3 rings (SSSR count). The Morgan fingerprint density at radius 3 is 2.43 bits per heavy atom. The number of carbonyl (C=O) groups excluding carboxylic acids is 2. The van der Waals surface area contributed by atoms with E-state index in [1.54, 1.807) is 19.1 Å². The molecule has 2 aromatic carbocycles. The largest absolute Gasteiger partial charge is 0.326 e. The SMILES string of the molecule is CC(=O)Nc1cc(-c2ccc(=O)n(CC(=O)Nc3ccc(F)cc3C)n2)ccc1C. The van der Waals surface area contributed by atoms with Crippen molar-refractivity contribution in [3.63, 3.8) is 0 Å². The lowest BCUT2D eigenvalue weighted by atomic mass is 10.1. The van der Waals surface area contributed by atoms with Gasteiger partial charge in [-0.2, -0.15) is 5.10 Å². The Kier molecular flexibility index (Phi) is 6.06. The monoisotopic (exact) mass is 408 g/mol. The van der Waals surface area contributed by atoms with Crippen molar-refractivity contribution < 1.29 is 14.0 Å². The van der Waals surface area contributed by atoms with Crippen LogP contribution in [-0.2, 0) is 16.1 Å². The van der Waals surface area contributed by atoms with Crippen LogP contribution in [-0.4, -0.2) is 21.6 Å². The maximum Gasteiger partial charge on any atom is 0.267 e. The number of halogens is 1. The zero-order valence-corrected chi connectivity index (χ0v) is 16.8. The molecule has 0 spiro atoms. The van der Waals surface area contributed by atoms with E-state index >= 15 is 0 Å². The van der Waals surface area contributed by atoms with Gasteiger partial charge in [-0.05, 0) is 55.3 Å². The second-order valence-corrected chi connectivity index (χ2v) is 6.93. The standard InChI is InChI=1S/C22H21FN4O3/c1-13-4-5-16(11-20(13)24-15(3)28)19-8-9-22(30)27(26-19)12-21(29)25-18-7-6-17(23)10-14(18)2/h4-11H,12H2,1-3H3,(H,24,28)(H,25,29). The Bertz CT molecular complexity index is 1190. The van der Waals surface area contributed by atoms with Crippen LogP contribution in [0.4, 0.5) is 15.8 Å². The topological polar surface area (TPSA) is 93.1 Å². The van der Waals surface area contributed by atoms with Crippen LogP contribution >= 0.6 is 0 Å². The summed E-state index contributed by atoms with van der Waals surface area (Å²) in [6.07, 6.45) is 0. The van der Waals surface area contributed by atoms with Gasteiger partial charge in [-0.3, -0.25) is 14.4 Å². The average molecular weight is 408 g/mol. The lowest BCUT2D eigenvalue weighted by Crippen LogP contribution is -2.29. The molecule has 0 unspecified atom stereocenters. The van der Waals surface area contributed by atoms with Crippen molar-refractivity contribution in [3.8, 4) is 11.3 Å². The smallest absolute Gasteiger partial charge is 0.267 e. The molecule has 3 aromatic rings. The number of benzene rings is 2. The van der Waals surface area contributed by atoms with Crippen LogP contribution in [0.5, 0.6) is 0 Å². The van der Waals surface area contributed by atoms with E-state index in [0.717, 1.165) is 10.2 Å². The number of nitrogens with one attached hydrogen (secondary N) is 2. The van der Waals surface area contributed by atoms with E-state index in [1.807, 2.05) is 19.1 Å². The molecule has 0 radical (unpaired) electrons. The second kappa shape index (κ2) is 8.69. The van der Waals surface area contributed by atoms with Crippen LogP contribution in [0, 0.1) is 19.7 Å². The quantitative estimate of drug-likeness (QED) is 0.678. The maximum absolute atomic E-state index is 13.2. The van der Waals surface area contributed by atoms with E-state index in [4.69, 9.17) is 0 Å². The molecule has 0 aliphatic carbocycles. The average Bonchev–Trinajstić information content (AvgIpc) is 2.67. The highest BCUT2D eigenvalue weighted by Crippen LogP contribution is 2.23. The molecule has 2 amide bonds. The third-order valence-corrected chi connectivity index (χ3v) is 4.47.